The van der Waals surface area contributed by atoms with Crippen LogP contribution in [0.25, 0.3) is 10.9 Å². The molecule has 1 heterocycles. The van der Waals surface area contributed by atoms with Crippen molar-refractivity contribution in [2.45, 2.75) is 16.8 Å². The minimum Gasteiger partial charge on any atom is -0.295 e. The van der Waals surface area contributed by atoms with Crippen LogP contribution >= 0.6 is 11.8 Å². The van der Waals surface area contributed by atoms with Gasteiger partial charge >= 0.3 is 0 Å². The molecule has 5 heteroatoms. The number of fused-ring (bicyclic) bond motifs is 1. The lowest BCUT2D eigenvalue weighted by Gasteiger charge is -2.06. The van der Waals surface area contributed by atoms with Crippen molar-refractivity contribution in [1.29, 1.82) is 0 Å². The highest BCUT2D eigenvalue weighted by Gasteiger charge is 2.11. The van der Waals surface area contributed by atoms with E-state index < -0.39 is 5.82 Å². The molecule has 0 spiro atoms. The van der Waals surface area contributed by atoms with Crippen LogP contribution in [0.4, 0.5) is 4.39 Å². The summed E-state index contributed by atoms with van der Waals surface area (Å²) in [6.45, 7) is 1.42. The molecule has 0 unspecified atom stereocenters. The number of benzene rings is 2. The molecule has 0 N–H and O–H groups in total. The van der Waals surface area contributed by atoms with Gasteiger partial charge in [0.2, 0.25) is 0 Å². The van der Waals surface area contributed by atoms with Gasteiger partial charge in [0.25, 0.3) is 0 Å². The normalized spacial score (nSPS) is 10.8. The van der Waals surface area contributed by atoms with Crippen LogP contribution in [0.1, 0.15) is 17.3 Å². The summed E-state index contributed by atoms with van der Waals surface area (Å²) < 4.78 is 14.1. The van der Waals surface area contributed by atoms with Gasteiger partial charge in [0.15, 0.2) is 5.78 Å². The number of para-hydroxylation sites is 1. The van der Waals surface area contributed by atoms with E-state index in [0.29, 0.717) is 15.5 Å². The average Bonchev–Trinajstić information content (AvgIpc) is 2.49. The maximum absolute atomic E-state index is 14.1. The predicted molar refractivity (Wildman–Crippen MR) is 80.1 cm³/mol. The van der Waals surface area contributed by atoms with Gasteiger partial charge in [-0.15, -0.1) is 0 Å². The molecule has 1 aromatic heterocycles. The number of nitrogens with zero attached hydrogens (tertiary/aromatic N) is 2. The summed E-state index contributed by atoms with van der Waals surface area (Å²) in [6.07, 6.45) is 1.46. The van der Waals surface area contributed by atoms with Crippen molar-refractivity contribution in [2.75, 3.05) is 0 Å². The van der Waals surface area contributed by atoms with E-state index in [0.717, 1.165) is 10.9 Å². The van der Waals surface area contributed by atoms with Gasteiger partial charge in [-0.25, -0.2) is 14.4 Å². The van der Waals surface area contributed by atoms with Crippen LogP contribution in [-0.4, -0.2) is 15.8 Å². The first-order valence-electron chi connectivity index (χ1n) is 6.33. The van der Waals surface area contributed by atoms with Gasteiger partial charge in [-0.1, -0.05) is 36.0 Å². The molecule has 0 saturated heterocycles. The summed E-state index contributed by atoms with van der Waals surface area (Å²) in [5, 5.41) is 1.56. The van der Waals surface area contributed by atoms with Gasteiger partial charge < -0.3 is 0 Å². The predicted octanol–water partition coefficient (Wildman–Crippen LogP) is 4.12. The second kappa shape index (κ2) is 5.61. The van der Waals surface area contributed by atoms with Gasteiger partial charge in [-0.05, 0) is 25.1 Å². The Labute approximate surface area is 125 Å². The first-order valence-corrected chi connectivity index (χ1v) is 7.15. The van der Waals surface area contributed by atoms with E-state index >= 15 is 0 Å². The van der Waals surface area contributed by atoms with Crippen molar-refractivity contribution in [2.24, 2.45) is 0 Å². The van der Waals surface area contributed by atoms with Crippen molar-refractivity contribution in [3.63, 3.8) is 0 Å². The first-order chi connectivity index (χ1) is 10.1. The van der Waals surface area contributed by atoms with Crippen LogP contribution in [0.15, 0.2) is 58.7 Å². The Kier molecular flexibility index (Phi) is 3.66. The highest BCUT2D eigenvalue weighted by atomic mass is 32.2. The third-order valence-corrected chi connectivity index (χ3v) is 4.12. The molecule has 0 aliphatic rings. The maximum atomic E-state index is 14.1. The topological polar surface area (TPSA) is 42.9 Å². The van der Waals surface area contributed by atoms with Gasteiger partial charge in [-0.3, -0.25) is 4.79 Å². The number of carbonyl (C=O) groups excluding carboxylic acids is 1. The van der Waals surface area contributed by atoms with Crippen LogP contribution in [-0.2, 0) is 0 Å². The number of Topliss-reactive ketones (excluding diaryl/α,β-unsaturated/α-hetero) is 1. The lowest BCUT2D eigenvalue weighted by molar-refractivity contribution is 0.101. The molecule has 0 fully saturated rings. The lowest BCUT2D eigenvalue weighted by Crippen LogP contribution is -1.94. The summed E-state index contributed by atoms with van der Waals surface area (Å²) in [4.78, 5) is 20.1. The number of halogens is 1. The molecule has 0 amide bonds. The second-order valence-electron chi connectivity index (χ2n) is 4.50. The van der Waals surface area contributed by atoms with E-state index in [1.54, 1.807) is 12.1 Å². The summed E-state index contributed by atoms with van der Waals surface area (Å²) in [5.41, 5.74) is 1.18. The Hall–Kier alpha value is -2.27. The van der Waals surface area contributed by atoms with Crippen molar-refractivity contribution < 1.29 is 9.18 Å². The van der Waals surface area contributed by atoms with Gasteiger partial charge in [0.1, 0.15) is 17.2 Å². The third-order valence-electron chi connectivity index (χ3n) is 3.05. The Morgan fingerprint density at radius 3 is 2.71 bits per heavy atom. The summed E-state index contributed by atoms with van der Waals surface area (Å²) in [7, 11) is 0. The number of ketones is 1. The molecule has 3 rings (SSSR count). The largest absolute Gasteiger partial charge is 0.295 e. The van der Waals surface area contributed by atoms with E-state index in [2.05, 4.69) is 9.97 Å². The highest BCUT2D eigenvalue weighted by molar-refractivity contribution is 7.99. The van der Waals surface area contributed by atoms with Crippen molar-refractivity contribution >= 4 is 28.4 Å². The van der Waals surface area contributed by atoms with Crippen molar-refractivity contribution in [3.8, 4) is 0 Å². The van der Waals surface area contributed by atoms with Gasteiger partial charge in [-0.2, -0.15) is 0 Å². The number of carbonyl (C=O) groups is 1. The Bertz CT molecular complexity index is 830. The van der Waals surface area contributed by atoms with Crippen LogP contribution in [0.5, 0.6) is 0 Å². The molecule has 0 aliphatic heterocycles. The molecule has 2 aromatic carbocycles. The molecule has 3 aromatic rings. The minimum atomic E-state index is -0.421. The number of hydrogen-bond donors (Lipinski definition) is 0. The monoisotopic (exact) mass is 298 g/mol. The van der Waals surface area contributed by atoms with E-state index in [1.807, 2.05) is 24.3 Å². The van der Waals surface area contributed by atoms with Crippen LogP contribution in [0.3, 0.4) is 0 Å². The fraction of sp³-hybridized carbons (Fsp3) is 0.0625. The SMILES string of the molecule is CC(=O)c1ccc(Sc2ncnc3ccccc23)c(F)c1. The average molecular weight is 298 g/mol. The zero-order valence-electron chi connectivity index (χ0n) is 11.2. The Balaban J connectivity index is 2.01. The van der Waals surface area contributed by atoms with E-state index in [9.17, 15) is 9.18 Å². The summed E-state index contributed by atoms with van der Waals surface area (Å²) in [6, 6.07) is 12.1. The molecule has 0 saturated carbocycles. The Morgan fingerprint density at radius 2 is 1.95 bits per heavy atom. The molecule has 0 atom stereocenters. The van der Waals surface area contributed by atoms with Gasteiger partial charge in [0.05, 0.1) is 5.52 Å². The van der Waals surface area contributed by atoms with E-state index in [1.165, 1.54) is 31.1 Å². The molecule has 104 valence electrons. The van der Waals surface area contributed by atoms with Crippen molar-refractivity contribution in [1.82, 2.24) is 9.97 Å². The molecule has 3 nitrogen and oxygen atoms in total. The van der Waals surface area contributed by atoms with E-state index in [-0.39, 0.29) is 5.78 Å². The zero-order valence-corrected chi connectivity index (χ0v) is 12.0. The van der Waals surface area contributed by atoms with E-state index in [4.69, 9.17) is 0 Å². The lowest BCUT2D eigenvalue weighted by atomic mass is 10.1. The maximum Gasteiger partial charge on any atom is 0.159 e. The van der Waals surface area contributed by atoms with Crippen LogP contribution < -0.4 is 0 Å². The number of rotatable bonds is 3. The quantitative estimate of drug-likeness (QED) is 0.539. The van der Waals surface area contributed by atoms with Crippen LogP contribution in [0, 0.1) is 5.82 Å². The number of aromatic nitrogens is 2. The number of hydrogen-bond acceptors (Lipinski definition) is 4. The molecular formula is C16H11FN2OS. The molecular weight excluding hydrogens is 287 g/mol. The highest BCUT2D eigenvalue weighted by Crippen LogP contribution is 2.32. The minimum absolute atomic E-state index is 0.155. The Morgan fingerprint density at radius 1 is 1.14 bits per heavy atom. The smallest absolute Gasteiger partial charge is 0.159 e. The fourth-order valence-electron chi connectivity index (χ4n) is 1.97. The molecule has 0 radical (unpaired) electrons. The standard InChI is InChI=1S/C16H11FN2OS/c1-10(20)11-6-7-15(13(17)8-11)21-16-12-4-2-3-5-14(12)18-9-19-16/h2-9H,1H3. The molecule has 0 aliphatic carbocycles. The summed E-state index contributed by atoms with van der Waals surface area (Å²) in [5.74, 6) is -0.576. The molecule has 21 heavy (non-hydrogen) atoms. The molecule has 0 bridgehead atoms. The third kappa shape index (κ3) is 2.78. The summed E-state index contributed by atoms with van der Waals surface area (Å²) >= 11 is 1.23. The second-order valence-corrected chi connectivity index (χ2v) is 5.53. The first kappa shape index (κ1) is 13.7. The van der Waals surface area contributed by atoms with Gasteiger partial charge in [0, 0.05) is 15.8 Å². The zero-order chi connectivity index (χ0) is 14.8. The van der Waals surface area contributed by atoms with Crippen LogP contribution in [0.2, 0.25) is 0 Å². The van der Waals surface area contributed by atoms with Crippen molar-refractivity contribution in [3.05, 3.63) is 60.2 Å². The fourth-order valence-corrected chi connectivity index (χ4v) is 2.85.